The Kier molecular flexibility index (Phi) is 10.6. The van der Waals surface area contributed by atoms with E-state index in [4.69, 9.17) is 4.74 Å². The molecule has 1 N–H and O–H groups in total. The van der Waals surface area contributed by atoms with Gasteiger partial charge in [-0.25, -0.2) is 0 Å². The molecule has 1 heterocycles. The lowest BCUT2D eigenvalue weighted by atomic mass is 10.1. The Morgan fingerprint density at radius 3 is 2.33 bits per heavy atom. The van der Waals surface area contributed by atoms with Gasteiger partial charge in [-0.3, -0.25) is 0 Å². The quantitative estimate of drug-likeness (QED) is 0.556. The first kappa shape index (κ1) is 16.0. The molecule has 18 heavy (non-hydrogen) atoms. The van der Waals surface area contributed by atoms with Gasteiger partial charge in [-0.2, -0.15) is 0 Å². The highest BCUT2D eigenvalue weighted by Crippen LogP contribution is 2.11. The van der Waals surface area contributed by atoms with Crippen molar-refractivity contribution in [2.45, 2.75) is 83.7 Å². The van der Waals surface area contributed by atoms with E-state index in [0.717, 1.165) is 13.2 Å². The predicted molar refractivity (Wildman–Crippen MR) is 79.1 cm³/mol. The van der Waals surface area contributed by atoms with E-state index in [-0.39, 0.29) is 0 Å². The van der Waals surface area contributed by atoms with Crippen LogP contribution >= 0.6 is 0 Å². The van der Waals surface area contributed by atoms with Gasteiger partial charge in [0.25, 0.3) is 0 Å². The van der Waals surface area contributed by atoms with Crippen LogP contribution in [0.4, 0.5) is 0 Å². The Labute approximate surface area is 114 Å². The van der Waals surface area contributed by atoms with Gasteiger partial charge < -0.3 is 10.1 Å². The molecule has 0 aliphatic carbocycles. The Bertz CT molecular complexity index is 166. The predicted octanol–water partition coefficient (Wildman–Crippen LogP) is 4.29. The van der Waals surface area contributed by atoms with Crippen molar-refractivity contribution in [3.8, 4) is 0 Å². The summed E-state index contributed by atoms with van der Waals surface area (Å²) in [4.78, 5) is 0. The Balaban J connectivity index is 1.73. The maximum Gasteiger partial charge on any atom is 0.0699 e. The zero-order valence-electron chi connectivity index (χ0n) is 12.4. The van der Waals surface area contributed by atoms with Crippen LogP contribution < -0.4 is 5.32 Å². The van der Waals surface area contributed by atoms with Crippen LogP contribution in [0.2, 0.25) is 0 Å². The monoisotopic (exact) mass is 255 g/mol. The molecule has 1 saturated heterocycles. The summed E-state index contributed by atoms with van der Waals surface area (Å²) in [6.45, 7) is 5.50. The van der Waals surface area contributed by atoms with Crippen LogP contribution in [-0.2, 0) is 4.74 Å². The third-order valence-corrected chi connectivity index (χ3v) is 3.85. The molecule has 0 amide bonds. The Morgan fingerprint density at radius 2 is 1.67 bits per heavy atom. The second-order valence-electron chi connectivity index (χ2n) is 5.67. The number of unbranched alkanes of at least 4 members (excludes halogenated alkanes) is 7. The molecular formula is C16H33NO. The van der Waals surface area contributed by atoms with Crippen LogP contribution in [0.5, 0.6) is 0 Å². The molecule has 0 aromatic heterocycles. The fourth-order valence-electron chi connectivity index (χ4n) is 2.62. The molecule has 0 radical (unpaired) electrons. The third kappa shape index (κ3) is 8.93. The maximum absolute atomic E-state index is 5.70. The summed E-state index contributed by atoms with van der Waals surface area (Å²) in [5.41, 5.74) is 0. The molecule has 1 atom stereocenters. The lowest BCUT2D eigenvalue weighted by Gasteiger charge is -2.22. The molecule has 2 heteroatoms. The zero-order chi connectivity index (χ0) is 12.9. The van der Waals surface area contributed by atoms with E-state index in [9.17, 15) is 0 Å². The summed E-state index contributed by atoms with van der Waals surface area (Å²) in [5, 5.41) is 3.54. The van der Waals surface area contributed by atoms with Crippen molar-refractivity contribution < 1.29 is 4.74 Å². The molecule has 0 aromatic rings. The summed E-state index contributed by atoms with van der Waals surface area (Å²) in [6, 6.07) is 0. The molecule has 0 saturated carbocycles. The molecule has 0 bridgehead atoms. The average Bonchev–Trinajstić information content (AvgIpc) is 2.42. The lowest BCUT2D eigenvalue weighted by Crippen LogP contribution is -2.32. The van der Waals surface area contributed by atoms with E-state index < -0.39 is 0 Å². The van der Waals surface area contributed by atoms with E-state index in [2.05, 4.69) is 12.2 Å². The molecule has 0 spiro atoms. The topological polar surface area (TPSA) is 21.3 Å². The van der Waals surface area contributed by atoms with Gasteiger partial charge in [0, 0.05) is 13.2 Å². The van der Waals surface area contributed by atoms with Gasteiger partial charge in [-0.15, -0.1) is 0 Å². The number of ether oxygens (including phenoxy) is 1. The third-order valence-electron chi connectivity index (χ3n) is 3.85. The van der Waals surface area contributed by atoms with E-state index >= 15 is 0 Å². The molecule has 1 rings (SSSR count). The summed E-state index contributed by atoms with van der Waals surface area (Å²) in [5.74, 6) is 0. The van der Waals surface area contributed by atoms with E-state index in [1.807, 2.05) is 0 Å². The van der Waals surface area contributed by atoms with Crippen molar-refractivity contribution in [2.24, 2.45) is 0 Å². The van der Waals surface area contributed by atoms with Crippen LogP contribution in [0.3, 0.4) is 0 Å². The van der Waals surface area contributed by atoms with Crippen LogP contribution in [0.25, 0.3) is 0 Å². The molecular weight excluding hydrogens is 222 g/mol. The minimum Gasteiger partial charge on any atom is -0.377 e. The van der Waals surface area contributed by atoms with Gasteiger partial charge in [-0.05, 0) is 32.2 Å². The molecule has 1 aliphatic rings. The van der Waals surface area contributed by atoms with Crippen LogP contribution in [0.15, 0.2) is 0 Å². The zero-order valence-corrected chi connectivity index (χ0v) is 12.4. The molecule has 1 aliphatic heterocycles. The maximum atomic E-state index is 5.70. The van der Waals surface area contributed by atoms with Crippen molar-refractivity contribution in [1.82, 2.24) is 5.32 Å². The van der Waals surface area contributed by atoms with Crippen molar-refractivity contribution in [3.63, 3.8) is 0 Å². The van der Waals surface area contributed by atoms with Crippen LogP contribution in [0, 0.1) is 0 Å². The lowest BCUT2D eigenvalue weighted by molar-refractivity contribution is 0.0170. The van der Waals surface area contributed by atoms with Gasteiger partial charge in [-0.1, -0.05) is 51.9 Å². The van der Waals surface area contributed by atoms with Gasteiger partial charge in [0.05, 0.1) is 6.10 Å². The molecule has 1 fully saturated rings. The molecule has 0 aromatic carbocycles. The van der Waals surface area contributed by atoms with Crippen molar-refractivity contribution >= 4 is 0 Å². The minimum absolute atomic E-state index is 0.493. The second kappa shape index (κ2) is 12.0. The smallest absolute Gasteiger partial charge is 0.0699 e. The first-order valence-corrected chi connectivity index (χ1v) is 8.26. The Hall–Kier alpha value is -0.0800. The van der Waals surface area contributed by atoms with Crippen molar-refractivity contribution in [3.05, 3.63) is 0 Å². The van der Waals surface area contributed by atoms with E-state index in [1.54, 1.807) is 0 Å². The van der Waals surface area contributed by atoms with Gasteiger partial charge in [0.15, 0.2) is 0 Å². The van der Waals surface area contributed by atoms with Gasteiger partial charge >= 0.3 is 0 Å². The van der Waals surface area contributed by atoms with Gasteiger partial charge in [0.2, 0.25) is 0 Å². The second-order valence-corrected chi connectivity index (χ2v) is 5.67. The molecule has 1 unspecified atom stereocenters. The van der Waals surface area contributed by atoms with Crippen molar-refractivity contribution in [2.75, 3.05) is 19.7 Å². The van der Waals surface area contributed by atoms with Crippen molar-refractivity contribution in [1.29, 1.82) is 0 Å². The fourth-order valence-corrected chi connectivity index (χ4v) is 2.62. The highest BCUT2D eigenvalue weighted by atomic mass is 16.5. The first-order chi connectivity index (χ1) is 8.93. The van der Waals surface area contributed by atoms with Crippen LogP contribution in [0.1, 0.15) is 77.6 Å². The average molecular weight is 255 g/mol. The minimum atomic E-state index is 0.493. The summed E-state index contributed by atoms with van der Waals surface area (Å²) < 4.78 is 5.70. The largest absolute Gasteiger partial charge is 0.377 e. The number of hydrogen-bond acceptors (Lipinski definition) is 2. The summed E-state index contributed by atoms with van der Waals surface area (Å²) in [7, 11) is 0. The first-order valence-electron chi connectivity index (χ1n) is 8.26. The molecule has 108 valence electrons. The fraction of sp³-hybridized carbons (Fsp3) is 1.00. The van der Waals surface area contributed by atoms with E-state index in [1.165, 1.54) is 77.2 Å². The number of rotatable bonds is 11. The highest BCUT2D eigenvalue weighted by Gasteiger charge is 2.12. The molecule has 2 nitrogen and oxygen atoms in total. The standard InChI is InChI=1S/C16H33NO/c1-2-3-4-5-6-7-8-10-13-17-15-16-12-9-11-14-18-16/h16-17H,2-15H2,1H3. The van der Waals surface area contributed by atoms with Gasteiger partial charge in [0.1, 0.15) is 0 Å². The SMILES string of the molecule is CCCCCCCCCCNCC1CCCCO1. The normalized spacial score (nSPS) is 20.2. The van der Waals surface area contributed by atoms with E-state index in [0.29, 0.717) is 6.10 Å². The number of nitrogens with one attached hydrogen (secondary N) is 1. The Morgan fingerprint density at radius 1 is 0.944 bits per heavy atom. The summed E-state index contributed by atoms with van der Waals surface area (Å²) >= 11 is 0. The van der Waals surface area contributed by atoms with Crippen LogP contribution in [-0.4, -0.2) is 25.8 Å². The number of hydrogen-bond donors (Lipinski definition) is 1. The highest BCUT2D eigenvalue weighted by molar-refractivity contribution is 4.66. The summed E-state index contributed by atoms with van der Waals surface area (Å²) in [6.07, 6.45) is 15.6.